The average Bonchev–Trinajstić information content (AvgIpc) is 2.57. The van der Waals surface area contributed by atoms with E-state index in [1.54, 1.807) is 12.1 Å². The number of hydrogen-bond donors (Lipinski definition) is 1. The molecule has 0 bridgehead atoms. The van der Waals surface area contributed by atoms with Crippen LogP contribution in [0.2, 0.25) is 0 Å². The first-order valence-electron chi connectivity index (χ1n) is 9.37. The molecular formula is C19H28FN3O. The average molecular weight is 333 g/mol. The van der Waals surface area contributed by atoms with Crippen LogP contribution >= 0.6 is 0 Å². The summed E-state index contributed by atoms with van der Waals surface area (Å²) < 4.78 is 13.0. The van der Waals surface area contributed by atoms with Crippen LogP contribution in [0.1, 0.15) is 25.7 Å². The highest BCUT2D eigenvalue weighted by atomic mass is 19.1. The van der Waals surface area contributed by atoms with Crippen LogP contribution in [0.15, 0.2) is 24.3 Å². The molecule has 1 aromatic carbocycles. The molecule has 3 aliphatic rings. The molecule has 2 atom stereocenters. The van der Waals surface area contributed by atoms with Crippen molar-refractivity contribution in [1.29, 1.82) is 0 Å². The maximum absolute atomic E-state index is 13.0. The topological polar surface area (TPSA) is 30.0 Å². The number of piperazine rings is 1. The molecule has 1 aliphatic carbocycles. The highest BCUT2D eigenvalue weighted by molar-refractivity contribution is 5.46. The number of anilines is 1. The molecule has 1 saturated carbocycles. The lowest BCUT2D eigenvalue weighted by molar-refractivity contribution is -0.0546. The molecule has 2 saturated heterocycles. The van der Waals surface area contributed by atoms with Crippen molar-refractivity contribution in [2.45, 2.75) is 43.9 Å². The van der Waals surface area contributed by atoms with E-state index in [1.165, 1.54) is 12.8 Å². The summed E-state index contributed by atoms with van der Waals surface area (Å²) in [5, 5.41) is 10.2. The SMILES string of the molecule is OC1CCCCC1N1CC(N2CCN(c3ccc(F)cc3)CC2)C1. The molecule has 2 unspecified atom stereocenters. The molecule has 0 aromatic heterocycles. The van der Waals surface area contributed by atoms with Gasteiger partial charge in [-0.1, -0.05) is 12.8 Å². The molecule has 2 aliphatic heterocycles. The van der Waals surface area contributed by atoms with Crippen molar-refractivity contribution in [2.75, 3.05) is 44.2 Å². The van der Waals surface area contributed by atoms with Crippen LogP contribution < -0.4 is 4.90 Å². The van der Waals surface area contributed by atoms with Crippen LogP contribution in [0.5, 0.6) is 0 Å². The van der Waals surface area contributed by atoms with E-state index in [4.69, 9.17) is 0 Å². The lowest BCUT2D eigenvalue weighted by atomic mass is 9.88. The van der Waals surface area contributed by atoms with Crippen molar-refractivity contribution in [2.24, 2.45) is 0 Å². The van der Waals surface area contributed by atoms with Gasteiger partial charge in [0.2, 0.25) is 0 Å². The van der Waals surface area contributed by atoms with Gasteiger partial charge in [-0.05, 0) is 37.1 Å². The highest BCUT2D eigenvalue weighted by Gasteiger charge is 2.39. The number of benzene rings is 1. The fraction of sp³-hybridized carbons (Fsp3) is 0.684. The first kappa shape index (κ1) is 16.3. The lowest BCUT2D eigenvalue weighted by Gasteiger charge is -2.52. The van der Waals surface area contributed by atoms with E-state index in [9.17, 15) is 9.50 Å². The normalized spacial score (nSPS) is 30.3. The predicted octanol–water partition coefficient (Wildman–Crippen LogP) is 1.94. The Bertz CT molecular complexity index is 538. The molecule has 132 valence electrons. The minimum absolute atomic E-state index is 0.116. The van der Waals surface area contributed by atoms with Gasteiger partial charge in [0.1, 0.15) is 5.82 Å². The zero-order valence-electron chi connectivity index (χ0n) is 14.3. The summed E-state index contributed by atoms with van der Waals surface area (Å²) in [5.74, 6) is -0.170. The lowest BCUT2D eigenvalue weighted by Crippen LogP contribution is -2.66. The molecule has 5 heteroatoms. The maximum Gasteiger partial charge on any atom is 0.123 e. The Morgan fingerprint density at radius 3 is 2.21 bits per heavy atom. The Labute approximate surface area is 143 Å². The minimum atomic E-state index is -0.170. The number of nitrogens with zero attached hydrogens (tertiary/aromatic N) is 3. The summed E-state index contributed by atoms with van der Waals surface area (Å²) in [6, 6.07) is 7.88. The third-order valence-corrected chi connectivity index (χ3v) is 6.08. The monoisotopic (exact) mass is 333 g/mol. The number of hydrogen-bond acceptors (Lipinski definition) is 4. The van der Waals surface area contributed by atoms with Crippen molar-refractivity contribution in [3.8, 4) is 0 Å². The molecular weight excluding hydrogens is 305 g/mol. The number of aliphatic hydroxyl groups is 1. The summed E-state index contributed by atoms with van der Waals surface area (Å²) in [6.07, 6.45) is 4.46. The third kappa shape index (κ3) is 3.30. The zero-order chi connectivity index (χ0) is 16.5. The van der Waals surface area contributed by atoms with Crippen LogP contribution in [0.4, 0.5) is 10.1 Å². The van der Waals surface area contributed by atoms with Crippen LogP contribution in [-0.2, 0) is 0 Å². The molecule has 24 heavy (non-hydrogen) atoms. The fourth-order valence-corrected chi connectivity index (χ4v) is 4.50. The first-order chi connectivity index (χ1) is 11.7. The molecule has 1 N–H and O–H groups in total. The summed E-state index contributed by atoms with van der Waals surface area (Å²) >= 11 is 0. The minimum Gasteiger partial charge on any atom is -0.391 e. The molecule has 0 spiro atoms. The Hall–Kier alpha value is -1.17. The number of aliphatic hydroxyl groups excluding tert-OH is 1. The van der Waals surface area contributed by atoms with Gasteiger partial charge in [0, 0.05) is 57.0 Å². The van der Waals surface area contributed by atoms with E-state index < -0.39 is 0 Å². The Balaban J connectivity index is 1.25. The van der Waals surface area contributed by atoms with Crippen LogP contribution in [0.3, 0.4) is 0 Å². The Morgan fingerprint density at radius 1 is 0.875 bits per heavy atom. The van der Waals surface area contributed by atoms with Crippen molar-refractivity contribution in [3.63, 3.8) is 0 Å². The highest BCUT2D eigenvalue weighted by Crippen LogP contribution is 2.29. The van der Waals surface area contributed by atoms with E-state index in [1.807, 2.05) is 12.1 Å². The van der Waals surface area contributed by atoms with Crippen LogP contribution in [-0.4, -0.2) is 72.4 Å². The second-order valence-corrected chi connectivity index (χ2v) is 7.53. The van der Waals surface area contributed by atoms with Crippen LogP contribution in [0, 0.1) is 5.82 Å². The summed E-state index contributed by atoms with van der Waals surface area (Å²) in [4.78, 5) is 7.42. The van der Waals surface area contributed by atoms with Crippen molar-refractivity contribution in [3.05, 3.63) is 30.1 Å². The summed E-state index contributed by atoms with van der Waals surface area (Å²) in [7, 11) is 0. The standard InChI is InChI=1S/C19H28FN3O/c20-15-5-7-16(8-6-15)21-9-11-22(12-10-21)17-13-23(14-17)18-3-1-2-4-19(18)24/h5-8,17-19,24H,1-4,9-14H2. The van der Waals surface area contributed by atoms with Crippen molar-refractivity contribution in [1.82, 2.24) is 9.80 Å². The smallest absolute Gasteiger partial charge is 0.123 e. The van der Waals surface area contributed by atoms with Gasteiger partial charge >= 0.3 is 0 Å². The van der Waals surface area contributed by atoms with Gasteiger partial charge in [0.05, 0.1) is 6.10 Å². The number of likely N-dealkylation sites (tertiary alicyclic amines) is 1. The maximum atomic E-state index is 13.0. The van der Waals surface area contributed by atoms with E-state index >= 15 is 0 Å². The first-order valence-corrected chi connectivity index (χ1v) is 9.37. The molecule has 0 amide bonds. The van der Waals surface area contributed by atoms with E-state index in [0.717, 1.165) is 57.8 Å². The number of halogens is 1. The molecule has 2 heterocycles. The van der Waals surface area contributed by atoms with E-state index in [-0.39, 0.29) is 11.9 Å². The van der Waals surface area contributed by atoms with E-state index in [2.05, 4.69) is 14.7 Å². The predicted molar refractivity (Wildman–Crippen MR) is 93.8 cm³/mol. The number of rotatable bonds is 3. The van der Waals surface area contributed by atoms with E-state index in [0.29, 0.717) is 12.1 Å². The second-order valence-electron chi connectivity index (χ2n) is 7.53. The largest absolute Gasteiger partial charge is 0.391 e. The molecule has 4 nitrogen and oxygen atoms in total. The molecule has 1 aromatic rings. The Morgan fingerprint density at radius 2 is 1.54 bits per heavy atom. The van der Waals surface area contributed by atoms with Gasteiger partial charge in [-0.25, -0.2) is 4.39 Å². The zero-order valence-corrected chi connectivity index (χ0v) is 14.3. The summed E-state index contributed by atoms with van der Waals surface area (Å²) in [6.45, 7) is 6.38. The molecule has 3 fully saturated rings. The Kier molecular flexibility index (Phi) is 4.74. The van der Waals surface area contributed by atoms with Crippen molar-refractivity contribution < 1.29 is 9.50 Å². The molecule has 4 rings (SSSR count). The van der Waals surface area contributed by atoms with Crippen LogP contribution in [0.25, 0.3) is 0 Å². The third-order valence-electron chi connectivity index (χ3n) is 6.08. The van der Waals surface area contributed by atoms with Gasteiger partial charge in [0.25, 0.3) is 0 Å². The van der Waals surface area contributed by atoms with Gasteiger partial charge in [-0.2, -0.15) is 0 Å². The quantitative estimate of drug-likeness (QED) is 0.916. The fourth-order valence-electron chi connectivity index (χ4n) is 4.50. The van der Waals surface area contributed by atoms with Gasteiger partial charge < -0.3 is 10.0 Å². The van der Waals surface area contributed by atoms with Gasteiger partial charge in [-0.15, -0.1) is 0 Å². The van der Waals surface area contributed by atoms with Gasteiger partial charge in [-0.3, -0.25) is 9.80 Å². The van der Waals surface area contributed by atoms with Crippen molar-refractivity contribution >= 4 is 5.69 Å². The summed E-state index contributed by atoms with van der Waals surface area (Å²) in [5.41, 5.74) is 1.12. The molecule has 0 radical (unpaired) electrons. The van der Waals surface area contributed by atoms with Gasteiger partial charge in [0.15, 0.2) is 0 Å². The second kappa shape index (κ2) is 6.98.